The maximum atomic E-state index is 12.3. The van der Waals surface area contributed by atoms with Crippen molar-refractivity contribution in [2.45, 2.75) is 26.7 Å². The Morgan fingerprint density at radius 1 is 1.32 bits per heavy atom. The fourth-order valence-corrected chi connectivity index (χ4v) is 2.18. The molecule has 0 spiro atoms. The summed E-state index contributed by atoms with van der Waals surface area (Å²) in [6, 6.07) is 2.90. The van der Waals surface area contributed by atoms with Crippen LogP contribution in [0.5, 0.6) is 0 Å². The van der Waals surface area contributed by atoms with Crippen molar-refractivity contribution in [3.63, 3.8) is 0 Å². The Hall–Kier alpha value is -1.91. The standard InChI is InChI=1S/C14H18N2O3/c1-14(2)4-7-16(8-5-14)12(17)10-3-6-15-11(9-10)13(18)19/h3,6,9H,4-5,7-8H2,1-2H3,(H,18,19). The lowest BCUT2D eigenvalue weighted by Crippen LogP contribution is -2.41. The van der Waals surface area contributed by atoms with Crippen LogP contribution < -0.4 is 0 Å². The summed E-state index contributed by atoms with van der Waals surface area (Å²) >= 11 is 0. The molecule has 1 aromatic heterocycles. The quantitative estimate of drug-likeness (QED) is 0.885. The Morgan fingerprint density at radius 3 is 2.53 bits per heavy atom. The lowest BCUT2D eigenvalue weighted by molar-refractivity contribution is 0.0630. The van der Waals surface area contributed by atoms with Gasteiger partial charge in [-0.15, -0.1) is 0 Å². The number of carbonyl (C=O) groups excluding carboxylic acids is 1. The molecule has 19 heavy (non-hydrogen) atoms. The maximum absolute atomic E-state index is 12.3. The van der Waals surface area contributed by atoms with Gasteiger partial charge in [-0.05, 0) is 30.4 Å². The molecule has 5 heteroatoms. The number of hydrogen-bond acceptors (Lipinski definition) is 3. The molecule has 1 saturated heterocycles. The molecule has 102 valence electrons. The zero-order chi connectivity index (χ0) is 14.0. The number of carbonyl (C=O) groups is 2. The van der Waals surface area contributed by atoms with Gasteiger partial charge in [0.05, 0.1) is 0 Å². The number of carboxylic acids is 1. The Bertz CT molecular complexity index is 501. The molecule has 2 rings (SSSR count). The number of carboxylic acid groups (broad SMARTS) is 1. The first-order valence-corrected chi connectivity index (χ1v) is 6.38. The van der Waals surface area contributed by atoms with Gasteiger partial charge in [-0.2, -0.15) is 0 Å². The second-order valence-corrected chi connectivity index (χ2v) is 5.69. The van der Waals surface area contributed by atoms with E-state index in [2.05, 4.69) is 18.8 Å². The van der Waals surface area contributed by atoms with Crippen LogP contribution in [0.1, 0.15) is 47.5 Å². The van der Waals surface area contributed by atoms with Crippen LogP contribution in [0, 0.1) is 5.41 Å². The largest absolute Gasteiger partial charge is 0.477 e. The van der Waals surface area contributed by atoms with E-state index >= 15 is 0 Å². The maximum Gasteiger partial charge on any atom is 0.354 e. The van der Waals surface area contributed by atoms with Crippen LogP contribution >= 0.6 is 0 Å². The number of pyridine rings is 1. The van der Waals surface area contributed by atoms with Crippen LogP contribution in [0.15, 0.2) is 18.3 Å². The molecule has 0 radical (unpaired) electrons. The highest BCUT2D eigenvalue weighted by atomic mass is 16.4. The first kappa shape index (κ1) is 13.5. The second kappa shape index (κ2) is 4.99. The monoisotopic (exact) mass is 262 g/mol. The summed E-state index contributed by atoms with van der Waals surface area (Å²) in [5, 5.41) is 8.88. The summed E-state index contributed by atoms with van der Waals surface area (Å²) in [5.74, 6) is -1.23. The normalized spacial score (nSPS) is 18.1. The molecule has 0 unspecified atom stereocenters. The summed E-state index contributed by atoms with van der Waals surface area (Å²) in [4.78, 5) is 28.6. The summed E-state index contributed by atoms with van der Waals surface area (Å²) in [6.45, 7) is 5.83. The van der Waals surface area contributed by atoms with E-state index in [9.17, 15) is 9.59 Å². The van der Waals surface area contributed by atoms with Crippen molar-refractivity contribution in [2.75, 3.05) is 13.1 Å². The molecule has 1 fully saturated rings. The van der Waals surface area contributed by atoms with Crippen molar-refractivity contribution >= 4 is 11.9 Å². The van der Waals surface area contributed by atoms with Gasteiger partial charge in [0, 0.05) is 24.8 Å². The summed E-state index contributed by atoms with van der Waals surface area (Å²) < 4.78 is 0. The van der Waals surface area contributed by atoms with Gasteiger partial charge < -0.3 is 10.0 Å². The van der Waals surface area contributed by atoms with Crippen molar-refractivity contribution in [1.29, 1.82) is 0 Å². The third-order valence-electron chi connectivity index (χ3n) is 3.63. The van der Waals surface area contributed by atoms with Crippen LogP contribution in [0.2, 0.25) is 0 Å². The average Bonchev–Trinajstić information content (AvgIpc) is 2.38. The van der Waals surface area contributed by atoms with Crippen LogP contribution in [0.25, 0.3) is 0 Å². The highest BCUT2D eigenvalue weighted by Crippen LogP contribution is 2.30. The molecule has 0 aliphatic carbocycles. The van der Waals surface area contributed by atoms with Crippen LogP contribution in [-0.4, -0.2) is 40.0 Å². The molecular weight excluding hydrogens is 244 g/mol. The lowest BCUT2D eigenvalue weighted by Gasteiger charge is -2.36. The minimum absolute atomic E-state index is 0.0943. The van der Waals surface area contributed by atoms with E-state index in [1.54, 1.807) is 11.0 Å². The van der Waals surface area contributed by atoms with E-state index < -0.39 is 5.97 Å². The molecule has 5 nitrogen and oxygen atoms in total. The van der Waals surface area contributed by atoms with Crippen LogP contribution in [0.3, 0.4) is 0 Å². The second-order valence-electron chi connectivity index (χ2n) is 5.69. The number of nitrogens with zero attached hydrogens (tertiary/aromatic N) is 2. The van der Waals surface area contributed by atoms with Crippen LogP contribution in [-0.2, 0) is 0 Å². The van der Waals surface area contributed by atoms with Gasteiger partial charge in [0.2, 0.25) is 0 Å². The number of hydrogen-bond donors (Lipinski definition) is 1. The van der Waals surface area contributed by atoms with Gasteiger partial charge in [-0.1, -0.05) is 13.8 Å². The zero-order valence-corrected chi connectivity index (χ0v) is 11.2. The van der Waals surface area contributed by atoms with Gasteiger partial charge >= 0.3 is 5.97 Å². The lowest BCUT2D eigenvalue weighted by atomic mass is 9.82. The molecule has 1 aromatic rings. The zero-order valence-electron chi connectivity index (χ0n) is 11.2. The molecule has 0 bridgehead atoms. The first-order chi connectivity index (χ1) is 8.89. The number of aromatic carboxylic acids is 1. The Balaban J connectivity index is 2.12. The van der Waals surface area contributed by atoms with Crippen molar-refractivity contribution in [1.82, 2.24) is 9.88 Å². The summed E-state index contributed by atoms with van der Waals surface area (Å²) in [6.07, 6.45) is 3.30. The highest BCUT2D eigenvalue weighted by molar-refractivity contribution is 5.96. The van der Waals surface area contributed by atoms with Gasteiger partial charge in [-0.25, -0.2) is 9.78 Å². The SMILES string of the molecule is CC1(C)CCN(C(=O)c2ccnc(C(=O)O)c2)CC1. The minimum atomic E-state index is -1.12. The topological polar surface area (TPSA) is 70.5 Å². The fourth-order valence-electron chi connectivity index (χ4n) is 2.18. The van der Waals surface area contributed by atoms with Gasteiger partial charge in [0.25, 0.3) is 5.91 Å². The van der Waals surface area contributed by atoms with Crippen LogP contribution in [0.4, 0.5) is 0 Å². The molecule has 0 aromatic carbocycles. The summed E-state index contributed by atoms with van der Waals surface area (Å²) in [5.41, 5.74) is 0.580. The van der Waals surface area contributed by atoms with E-state index in [1.807, 2.05) is 0 Å². The molecule has 2 heterocycles. The molecule has 1 amide bonds. The van der Waals surface area contributed by atoms with Gasteiger partial charge in [-0.3, -0.25) is 4.79 Å². The molecule has 0 atom stereocenters. The van der Waals surface area contributed by atoms with E-state index in [0.29, 0.717) is 5.56 Å². The Kier molecular flexibility index (Phi) is 3.55. The molecular formula is C14H18N2O3. The average molecular weight is 262 g/mol. The number of amides is 1. The predicted molar refractivity (Wildman–Crippen MR) is 70.1 cm³/mol. The van der Waals surface area contributed by atoms with E-state index in [-0.39, 0.29) is 17.0 Å². The molecule has 0 saturated carbocycles. The third kappa shape index (κ3) is 3.10. The van der Waals surface area contributed by atoms with Crippen molar-refractivity contribution < 1.29 is 14.7 Å². The van der Waals surface area contributed by atoms with E-state index in [0.717, 1.165) is 25.9 Å². The number of aromatic nitrogens is 1. The molecule has 1 aliphatic rings. The van der Waals surface area contributed by atoms with Gasteiger partial charge in [0.15, 0.2) is 0 Å². The van der Waals surface area contributed by atoms with Crippen molar-refractivity contribution in [3.8, 4) is 0 Å². The number of piperidine rings is 1. The first-order valence-electron chi connectivity index (χ1n) is 6.38. The van der Waals surface area contributed by atoms with Crippen molar-refractivity contribution in [2.24, 2.45) is 5.41 Å². The minimum Gasteiger partial charge on any atom is -0.477 e. The molecule has 1 aliphatic heterocycles. The smallest absolute Gasteiger partial charge is 0.354 e. The van der Waals surface area contributed by atoms with E-state index in [1.165, 1.54) is 12.3 Å². The molecule has 1 N–H and O–H groups in total. The third-order valence-corrected chi connectivity index (χ3v) is 3.63. The fraction of sp³-hybridized carbons (Fsp3) is 0.500. The predicted octanol–water partition coefficient (Wildman–Crippen LogP) is 2.04. The number of rotatable bonds is 2. The number of likely N-dealkylation sites (tertiary alicyclic amines) is 1. The Morgan fingerprint density at radius 2 is 1.95 bits per heavy atom. The van der Waals surface area contributed by atoms with Gasteiger partial charge in [0.1, 0.15) is 5.69 Å². The summed E-state index contributed by atoms with van der Waals surface area (Å²) in [7, 11) is 0. The van der Waals surface area contributed by atoms with E-state index in [4.69, 9.17) is 5.11 Å². The highest BCUT2D eigenvalue weighted by Gasteiger charge is 2.28. The Labute approximate surface area is 112 Å². The van der Waals surface area contributed by atoms with Crippen molar-refractivity contribution in [3.05, 3.63) is 29.6 Å².